The summed E-state index contributed by atoms with van der Waals surface area (Å²) in [6.07, 6.45) is 0. The van der Waals surface area contributed by atoms with E-state index in [0.717, 1.165) is 11.3 Å². The largest absolute Gasteiger partial charge is 0.495 e. The van der Waals surface area contributed by atoms with Crippen LogP contribution in [-0.4, -0.2) is 20.5 Å². The Balaban J connectivity index is 2.01. The lowest BCUT2D eigenvalue weighted by Gasteiger charge is -2.10. The second kappa shape index (κ2) is 6.06. The van der Waals surface area contributed by atoms with E-state index in [1.54, 1.807) is 12.1 Å². The van der Waals surface area contributed by atoms with Crippen molar-refractivity contribution in [1.29, 1.82) is 0 Å². The Kier molecular flexibility index (Phi) is 4.26. The second-order valence-electron chi connectivity index (χ2n) is 4.53. The molecule has 120 valence electrons. The number of hydrogen-bond acceptors (Lipinski definition) is 5. The van der Waals surface area contributed by atoms with Crippen molar-refractivity contribution < 1.29 is 17.5 Å². The topological polar surface area (TPSA) is 68.3 Å². The van der Waals surface area contributed by atoms with E-state index in [9.17, 15) is 12.8 Å². The minimum Gasteiger partial charge on any atom is -0.495 e. The summed E-state index contributed by atoms with van der Waals surface area (Å²) in [7, 11) is -2.50. The molecule has 0 amide bonds. The van der Waals surface area contributed by atoms with Crippen LogP contribution in [0, 0.1) is 5.82 Å². The molecule has 0 unspecified atom stereocenters. The summed E-state index contributed by atoms with van der Waals surface area (Å²) in [5.74, 6) is -0.183. The number of nitrogens with one attached hydrogen (secondary N) is 1. The van der Waals surface area contributed by atoms with E-state index in [2.05, 4.69) is 25.6 Å². The molecule has 0 aliphatic rings. The first-order chi connectivity index (χ1) is 10.9. The average molecular weight is 417 g/mol. The lowest BCUT2D eigenvalue weighted by Crippen LogP contribution is -2.14. The molecule has 5 nitrogen and oxygen atoms in total. The number of benzene rings is 2. The monoisotopic (exact) mass is 416 g/mol. The first kappa shape index (κ1) is 16.2. The first-order valence-electron chi connectivity index (χ1n) is 6.31. The van der Waals surface area contributed by atoms with Gasteiger partial charge in [-0.15, -0.1) is 0 Å². The summed E-state index contributed by atoms with van der Waals surface area (Å²) in [6.45, 7) is 0. The predicted molar refractivity (Wildman–Crippen MR) is 91.1 cm³/mol. The average Bonchev–Trinajstić information content (AvgIpc) is 2.87. The Morgan fingerprint density at radius 1 is 1.26 bits per heavy atom. The Bertz CT molecular complexity index is 989. The third-order valence-corrected chi connectivity index (χ3v) is 5.90. The van der Waals surface area contributed by atoms with Crippen molar-refractivity contribution in [3.63, 3.8) is 0 Å². The van der Waals surface area contributed by atoms with E-state index in [1.165, 1.54) is 31.4 Å². The van der Waals surface area contributed by atoms with Gasteiger partial charge in [-0.05, 0) is 36.4 Å². The van der Waals surface area contributed by atoms with Crippen LogP contribution in [0.1, 0.15) is 0 Å². The van der Waals surface area contributed by atoms with Crippen molar-refractivity contribution in [2.75, 3.05) is 11.8 Å². The molecular weight excluding hydrogens is 407 g/mol. The van der Waals surface area contributed by atoms with Crippen LogP contribution in [0.15, 0.2) is 45.8 Å². The fraction of sp³-hybridized carbons (Fsp3) is 0.0714. The zero-order chi connectivity index (χ0) is 16.6. The summed E-state index contributed by atoms with van der Waals surface area (Å²) in [4.78, 5) is 4.14. The number of rotatable bonds is 4. The van der Waals surface area contributed by atoms with Crippen LogP contribution in [0.2, 0.25) is 0 Å². The van der Waals surface area contributed by atoms with Gasteiger partial charge in [0.2, 0.25) is 0 Å². The fourth-order valence-electron chi connectivity index (χ4n) is 1.97. The van der Waals surface area contributed by atoms with Crippen molar-refractivity contribution >= 4 is 52.6 Å². The predicted octanol–water partition coefficient (Wildman–Crippen LogP) is 4.01. The highest BCUT2D eigenvalue weighted by atomic mass is 79.9. The molecular formula is C14H10BrFN2O3S2. The van der Waals surface area contributed by atoms with Gasteiger partial charge < -0.3 is 4.74 Å². The smallest absolute Gasteiger partial charge is 0.267 e. The third-order valence-electron chi connectivity index (χ3n) is 2.99. The van der Waals surface area contributed by atoms with Crippen LogP contribution in [-0.2, 0) is 10.0 Å². The van der Waals surface area contributed by atoms with Crippen LogP contribution < -0.4 is 9.46 Å². The summed E-state index contributed by atoms with van der Waals surface area (Å²) in [5.41, 5.74) is 0.523. The van der Waals surface area contributed by atoms with Crippen LogP contribution in [0.4, 0.5) is 9.52 Å². The summed E-state index contributed by atoms with van der Waals surface area (Å²) in [5, 5.41) is 0.160. The molecule has 3 aromatic rings. The first-order valence-corrected chi connectivity index (χ1v) is 9.41. The highest BCUT2D eigenvalue weighted by Crippen LogP contribution is 2.32. The quantitative estimate of drug-likeness (QED) is 0.697. The van der Waals surface area contributed by atoms with Gasteiger partial charge in [-0.25, -0.2) is 17.8 Å². The number of thiazole rings is 1. The summed E-state index contributed by atoms with van der Waals surface area (Å²) >= 11 is 4.29. The second-order valence-corrected chi connectivity index (χ2v) is 8.13. The number of aromatic nitrogens is 1. The molecule has 0 radical (unpaired) electrons. The molecule has 0 aliphatic carbocycles. The van der Waals surface area contributed by atoms with Crippen molar-refractivity contribution in [3.8, 4) is 5.75 Å². The number of anilines is 1. The van der Waals surface area contributed by atoms with E-state index in [1.807, 2.05) is 0 Å². The molecule has 2 aromatic carbocycles. The molecule has 9 heteroatoms. The molecule has 0 spiro atoms. The van der Waals surface area contributed by atoms with Crippen molar-refractivity contribution in [2.24, 2.45) is 0 Å². The molecule has 3 rings (SSSR count). The number of halogens is 2. The molecule has 1 aromatic heterocycles. The minimum atomic E-state index is -3.89. The van der Waals surface area contributed by atoms with Gasteiger partial charge >= 0.3 is 0 Å². The zero-order valence-electron chi connectivity index (χ0n) is 11.7. The molecule has 0 saturated heterocycles. The van der Waals surface area contributed by atoms with E-state index in [-0.39, 0.29) is 15.8 Å². The van der Waals surface area contributed by atoms with Crippen LogP contribution in [0.25, 0.3) is 10.2 Å². The maximum absolute atomic E-state index is 13.2. The maximum Gasteiger partial charge on any atom is 0.267 e. The Morgan fingerprint density at radius 2 is 2.04 bits per heavy atom. The zero-order valence-corrected chi connectivity index (χ0v) is 14.9. The van der Waals surface area contributed by atoms with Crippen LogP contribution in [0.5, 0.6) is 5.75 Å². The van der Waals surface area contributed by atoms with Gasteiger partial charge in [0.1, 0.15) is 16.5 Å². The number of sulfonamides is 1. The van der Waals surface area contributed by atoms with Crippen LogP contribution >= 0.6 is 27.3 Å². The maximum atomic E-state index is 13.2. The van der Waals surface area contributed by atoms with E-state index in [4.69, 9.17) is 4.74 Å². The van der Waals surface area contributed by atoms with Crippen molar-refractivity contribution in [1.82, 2.24) is 4.98 Å². The summed E-state index contributed by atoms with van der Waals surface area (Å²) in [6, 6.07) is 8.75. The van der Waals surface area contributed by atoms with Crippen molar-refractivity contribution in [3.05, 3.63) is 46.7 Å². The normalized spacial score (nSPS) is 11.6. The molecule has 0 aliphatic heterocycles. The highest BCUT2D eigenvalue weighted by molar-refractivity contribution is 9.10. The Morgan fingerprint density at radius 3 is 2.78 bits per heavy atom. The number of fused-ring (bicyclic) bond motifs is 1. The Hall–Kier alpha value is -1.71. The van der Waals surface area contributed by atoms with Gasteiger partial charge in [0.25, 0.3) is 10.0 Å². The van der Waals surface area contributed by atoms with E-state index < -0.39 is 15.8 Å². The number of methoxy groups -OCH3 is 1. The number of ether oxygens (including phenoxy) is 1. The van der Waals surface area contributed by atoms with Gasteiger partial charge in [0.15, 0.2) is 5.13 Å². The van der Waals surface area contributed by atoms with Gasteiger partial charge in [-0.3, -0.25) is 4.72 Å². The van der Waals surface area contributed by atoms with Gasteiger partial charge in [0.05, 0.1) is 17.3 Å². The standard InChI is InChI=1S/C14H10BrFN2O3S2/c1-21-11-5-2-8(15)6-13(11)23(19,20)18-14-17-10-4-3-9(16)7-12(10)22-14/h2-7H,1H3,(H,17,18). The van der Waals surface area contributed by atoms with Gasteiger partial charge in [-0.2, -0.15) is 0 Å². The van der Waals surface area contributed by atoms with Gasteiger partial charge in [0, 0.05) is 4.47 Å². The van der Waals surface area contributed by atoms with Gasteiger partial charge in [-0.1, -0.05) is 27.3 Å². The van der Waals surface area contributed by atoms with E-state index >= 15 is 0 Å². The molecule has 0 bridgehead atoms. The molecule has 23 heavy (non-hydrogen) atoms. The molecule has 0 fully saturated rings. The molecule has 0 saturated carbocycles. The SMILES string of the molecule is COc1ccc(Br)cc1S(=O)(=O)Nc1nc2ccc(F)cc2s1. The minimum absolute atomic E-state index is 0.0141. The van der Waals surface area contributed by atoms with Crippen LogP contribution in [0.3, 0.4) is 0 Å². The lowest BCUT2D eigenvalue weighted by atomic mass is 10.3. The van der Waals surface area contributed by atoms with Crippen molar-refractivity contribution in [2.45, 2.75) is 4.90 Å². The summed E-state index contributed by atoms with van der Waals surface area (Å²) < 4.78 is 47.0. The molecule has 0 atom stereocenters. The lowest BCUT2D eigenvalue weighted by molar-refractivity contribution is 0.403. The molecule has 1 N–H and O–H groups in total. The Labute approximate surface area is 144 Å². The van der Waals surface area contributed by atoms with E-state index in [0.29, 0.717) is 14.7 Å². The number of hydrogen-bond donors (Lipinski definition) is 1. The molecule has 1 heterocycles. The number of nitrogens with zero attached hydrogens (tertiary/aromatic N) is 1. The fourth-order valence-corrected chi connectivity index (χ4v) is 4.81. The third kappa shape index (κ3) is 3.31. The highest BCUT2D eigenvalue weighted by Gasteiger charge is 2.21.